The second-order valence-electron chi connectivity index (χ2n) is 5.59. The quantitative estimate of drug-likeness (QED) is 0.619. The van der Waals surface area contributed by atoms with Crippen LogP contribution in [0.15, 0.2) is 0 Å². The van der Waals surface area contributed by atoms with Crippen LogP contribution in [0.1, 0.15) is 48.5 Å². The fourth-order valence-corrected chi connectivity index (χ4v) is 1.16. The second-order valence-corrected chi connectivity index (χ2v) is 5.59. The smallest absolute Gasteiger partial charge is 0.0678 e. The highest BCUT2D eigenvalue weighted by Gasteiger charge is 2.45. The van der Waals surface area contributed by atoms with Crippen LogP contribution in [0.2, 0.25) is 0 Å². The minimum atomic E-state index is -0.0781. The summed E-state index contributed by atoms with van der Waals surface area (Å²) in [7, 11) is 1.79. The molecule has 0 saturated heterocycles. The van der Waals surface area contributed by atoms with E-state index < -0.39 is 0 Å². The summed E-state index contributed by atoms with van der Waals surface area (Å²) in [5.41, 5.74) is 0.340. The van der Waals surface area contributed by atoms with Crippen molar-refractivity contribution < 1.29 is 4.74 Å². The summed E-state index contributed by atoms with van der Waals surface area (Å²) in [6, 6.07) is 0. The van der Waals surface area contributed by atoms with E-state index in [0.29, 0.717) is 0 Å². The van der Waals surface area contributed by atoms with Crippen LogP contribution in [-0.4, -0.2) is 12.7 Å². The Hall–Kier alpha value is -0.0400. The first-order chi connectivity index (χ1) is 5.06. The standard InChI is InChI=1S/C11H24O/c1-9(2,3)10(4,5)11(6,7)12-8/h1-8H3. The Labute approximate surface area is 77.5 Å². The number of hydrogen-bond donors (Lipinski definition) is 0. The fourth-order valence-electron chi connectivity index (χ4n) is 1.16. The van der Waals surface area contributed by atoms with E-state index in [1.807, 2.05) is 0 Å². The van der Waals surface area contributed by atoms with E-state index >= 15 is 0 Å². The van der Waals surface area contributed by atoms with Crippen LogP contribution < -0.4 is 0 Å². The number of ether oxygens (including phenoxy) is 1. The van der Waals surface area contributed by atoms with Gasteiger partial charge < -0.3 is 4.74 Å². The first-order valence-electron chi connectivity index (χ1n) is 4.61. The Kier molecular flexibility index (Phi) is 3.01. The van der Waals surface area contributed by atoms with Gasteiger partial charge in [0.25, 0.3) is 0 Å². The molecule has 1 nitrogen and oxygen atoms in total. The van der Waals surface area contributed by atoms with E-state index in [0.717, 1.165) is 0 Å². The van der Waals surface area contributed by atoms with E-state index in [2.05, 4.69) is 48.5 Å². The van der Waals surface area contributed by atoms with Crippen molar-refractivity contribution in [1.82, 2.24) is 0 Å². The highest BCUT2D eigenvalue weighted by molar-refractivity contribution is 4.95. The maximum absolute atomic E-state index is 5.53. The molecule has 0 aromatic carbocycles. The molecule has 0 radical (unpaired) electrons. The first-order valence-corrected chi connectivity index (χ1v) is 4.61. The van der Waals surface area contributed by atoms with Gasteiger partial charge in [-0.3, -0.25) is 0 Å². The number of hydrogen-bond acceptors (Lipinski definition) is 1. The van der Waals surface area contributed by atoms with Gasteiger partial charge in [-0.25, -0.2) is 0 Å². The zero-order valence-electron chi connectivity index (χ0n) is 9.91. The summed E-state index contributed by atoms with van der Waals surface area (Å²) in [6.45, 7) is 15.6. The van der Waals surface area contributed by atoms with Gasteiger partial charge in [-0.15, -0.1) is 0 Å². The molecule has 0 bridgehead atoms. The highest BCUT2D eigenvalue weighted by Crippen LogP contribution is 2.47. The van der Waals surface area contributed by atoms with Crippen LogP contribution in [0.4, 0.5) is 0 Å². The minimum absolute atomic E-state index is 0.0781. The van der Waals surface area contributed by atoms with Crippen molar-refractivity contribution in [3.05, 3.63) is 0 Å². The zero-order chi connectivity index (χ0) is 10.2. The first kappa shape index (κ1) is 12.0. The Bertz CT molecular complexity index is 149. The van der Waals surface area contributed by atoms with E-state index in [1.54, 1.807) is 7.11 Å². The van der Waals surface area contributed by atoms with Crippen LogP contribution >= 0.6 is 0 Å². The maximum Gasteiger partial charge on any atom is 0.0678 e. The summed E-state index contributed by atoms with van der Waals surface area (Å²) in [5, 5.41) is 0. The van der Waals surface area contributed by atoms with Gasteiger partial charge in [0, 0.05) is 7.11 Å². The minimum Gasteiger partial charge on any atom is -0.378 e. The van der Waals surface area contributed by atoms with Gasteiger partial charge in [-0.2, -0.15) is 0 Å². The van der Waals surface area contributed by atoms with Gasteiger partial charge in [0.2, 0.25) is 0 Å². The molecule has 0 heterocycles. The molecule has 12 heavy (non-hydrogen) atoms. The predicted molar refractivity (Wildman–Crippen MR) is 54.3 cm³/mol. The largest absolute Gasteiger partial charge is 0.378 e. The topological polar surface area (TPSA) is 9.23 Å². The van der Waals surface area contributed by atoms with Crippen molar-refractivity contribution in [2.24, 2.45) is 10.8 Å². The van der Waals surface area contributed by atoms with Gasteiger partial charge in [0.1, 0.15) is 0 Å². The van der Waals surface area contributed by atoms with Gasteiger partial charge >= 0.3 is 0 Å². The summed E-state index contributed by atoms with van der Waals surface area (Å²) in [6.07, 6.45) is 0. The number of rotatable bonds is 2. The van der Waals surface area contributed by atoms with E-state index in [9.17, 15) is 0 Å². The van der Waals surface area contributed by atoms with Crippen LogP contribution in [0.25, 0.3) is 0 Å². The number of methoxy groups -OCH3 is 1. The predicted octanol–water partition coefficient (Wildman–Crippen LogP) is 3.48. The molecular weight excluding hydrogens is 148 g/mol. The SMILES string of the molecule is COC(C)(C)C(C)(C)C(C)(C)C. The van der Waals surface area contributed by atoms with Crippen molar-refractivity contribution in [2.45, 2.75) is 54.1 Å². The molecule has 0 aliphatic carbocycles. The monoisotopic (exact) mass is 172 g/mol. The molecule has 0 aromatic rings. The van der Waals surface area contributed by atoms with Crippen LogP contribution in [0.5, 0.6) is 0 Å². The third kappa shape index (κ3) is 1.82. The molecule has 0 fully saturated rings. The second kappa shape index (κ2) is 3.02. The van der Waals surface area contributed by atoms with Crippen molar-refractivity contribution >= 4 is 0 Å². The third-order valence-corrected chi connectivity index (χ3v) is 3.89. The maximum atomic E-state index is 5.53. The normalized spacial score (nSPS) is 15.0. The van der Waals surface area contributed by atoms with Gasteiger partial charge in [-0.1, -0.05) is 34.6 Å². The lowest BCUT2D eigenvalue weighted by molar-refractivity contribution is -0.119. The molecule has 1 heteroatoms. The van der Waals surface area contributed by atoms with Gasteiger partial charge in [-0.05, 0) is 24.7 Å². The molecule has 0 rings (SSSR count). The summed E-state index contributed by atoms with van der Waals surface area (Å²) in [5.74, 6) is 0. The Morgan fingerprint density at radius 2 is 1.08 bits per heavy atom. The van der Waals surface area contributed by atoms with Crippen LogP contribution in [0, 0.1) is 10.8 Å². The Morgan fingerprint density at radius 1 is 0.750 bits per heavy atom. The molecule has 0 aromatic heterocycles. The summed E-state index contributed by atoms with van der Waals surface area (Å²) in [4.78, 5) is 0. The Morgan fingerprint density at radius 3 is 1.17 bits per heavy atom. The lowest BCUT2D eigenvalue weighted by atomic mass is 9.61. The zero-order valence-corrected chi connectivity index (χ0v) is 9.91. The highest BCUT2D eigenvalue weighted by atomic mass is 16.5. The molecule has 0 atom stereocenters. The lowest BCUT2D eigenvalue weighted by Gasteiger charge is -2.49. The average Bonchev–Trinajstić information content (AvgIpc) is 1.85. The Balaban J connectivity index is 4.85. The molecule has 0 saturated carbocycles. The van der Waals surface area contributed by atoms with Crippen molar-refractivity contribution in [3.8, 4) is 0 Å². The molecule has 74 valence electrons. The van der Waals surface area contributed by atoms with Crippen molar-refractivity contribution in [3.63, 3.8) is 0 Å². The summed E-state index contributed by atoms with van der Waals surface area (Å²) < 4.78 is 5.53. The van der Waals surface area contributed by atoms with Crippen LogP contribution in [-0.2, 0) is 4.74 Å². The molecule has 0 aliphatic rings. The molecule has 0 amide bonds. The van der Waals surface area contributed by atoms with E-state index in [-0.39, 0.29) is 16.4 Å². The van der Waals surface area contributed by atoms with Gasteiger partial charge in [0.15, 0.2) is 0 Å². The lowest BCUT2D eigenvalue weighted by Crippen LogP contribution is -2.49. The van der Waals surface area contributed by atoms with E-state index in [4.69, 9.17) is 4.74 Å². The van der Waals surface area contributed by atoms with Crippen molar-refractivity contribution in [2.75, 3.05) is 7.11 Å². The molecular formula is C11H24O. The summed E-state index contributed by atoms with van der Waals surface area (Å²) >= 11 is 0. The molecule has 0 spiro atoms. The van der Waals surface area contributed by atoms with Crippen molar-refractivity contribution in [1.29, 1.82) is 0 Å². The fraction of sp³-hybridized carbons (Fsp3) is 1.00. The average molecular weight is 172 g/mol. The molecule has 0 aliphatic heterocycles. The van der Waals surface area contributed by atoms with E-state index in [1.165, 1.54) is 0 Å². The molecule has 0 N–H and O–H groups in total. The molecule has 0 unspecified atom stereocenters. The third-order valence-electron chi connectivity index (χ3n) is 3.89. The van der Waals surface area contributed by atoms with Crippen LogP contribution in [0.3, 0.4) is 0 Å². The van der Waals surface area contributed by atoms with Gasteiger partial charge in [0.05, 0.1) is 5.60 Å².